The summed E-state index contributed by atoms with van der Waals surface area (Å²) in [7, 11) is 0. The number of thiophene rings is 1. The van der Waals surface area contributed by atoms with E-state index in [1.807, 2.05) is 30.3 Å². The van der Waals surface area contributed by atoms with Gasteiger partial charge in [0.15, 0.2) is 17.5 Å². The van der Waals surface area contributed by atoms with E-state index in [1.165, 1.54) is 53.2 Å². The van der Waals surface area contributed by atoms with Gasteiger partial charge in [0.05, 0.1) is 11.0 Å². The third-order valence-electron chi connectivity index (χ3n) is 12.3. The lowest BCUT2D eigenvalue weighted by Crippen LogP contribution is -2.00. The van der Waals surface area contributed by atoms with E-state index in [1.54, 1.807) is 11.3 Å². The number of rotatable bonds is 6. The van der Waals surface area contributed by atoms with Crippen LogP contribution in [0.1, 0.15) is 0 Å². The molecule has 0 N–H and O–H groups in total. The number of hydrogen-bond acceptors (Lipinski definition) is 5. The number of fused-ring (bicyclic) bond motifs is 9. The molecule has 0 spiro atoms. The lowest BCUT2D eigenvalue weighted by atomic mass is 9.99. The summed E-state index contributed by atoms with van der Waals surface area (Å²) in [5.74, 6) is 1.83. The van der Waals surface area contributed by atoms with Crippen molar-refractivity contribution in [1.82, 2.24) is 19.5 Å². The number of aromatic nitrogens is 4. The predicted molar refractivity (Wildman–Crippen MR) is 262 cm³/mol. The monoisotopic (exact) mass is 822 g/mol. The summed E-state index contributed by atoms with van der Waals surface area (Å²) in [6, 6.07) is 72.6. The Kier molecular flexibility index (Phi) is 8.01. The molecular weight excluding hydrogens is 789 g/mol. The number of benzene rings is 9. The maximum atomic E-state index is 6.73. The van der Waals surface area contributed by atoms with Crippen LogP contribution in [0.5, 0.6) is 0 Å². The SMILES string of the molecule is c1ccc(-c2ccc3c(c2)sc2cc(-c4nc(-c5ccccc5)nc(-c5cccc6oc7cc(-n8c9ccccc9c9c(-c%10ccccc%10)cccc98)ccc7c56)n4)ccc23)cc1. The van der Waals surface area contributed by atoms with Crippen LogP contribution in [0.25, 0.3) is 126 Å². The van der Waals surface area contributed by atoms with Gasteiger partial charge in [-0.15, -0.1) is 11.3 Å². The fraction of sp³-hybridized carbons (Fsp3) is 0. The molecule has 0 fully saturated rings. The van der Waals surface area contributed by atoms with Gasteiger partial charge in [0.25, 0.3) is 0 Å². The molecule has 0 radical (unpaired) electrons. The van der Waals surface area contributed by atoms with Gasteiger partial charge in [0, 0.05) is 70.2 Å². The minimum Gasteiger partial charge on any atom is -0.456 e. The van der Waals surface area contributed by atoms with E-state index in [4.69, 9.17) is 19.4 Å². The minimum absolute atomic E-state index is 0.594. The molecule has 6 heteroatoms. The quantitative estimate of drug-likeness (QED) is 0.168. The van der Waals surface area contributed by atoms with E-state index < -0.39 is 0 Å². The van der Waals surface area contributed by atoms with Crippen molar-refractivity contribution in [2.45, 2.75) is 0 Å². The summed E-state index contributed by atoms with van der Waals surface area (Å²) in [6.45, 7) is 0. The van der Waals surface area contributed by atoms with Crippen LogP contribution in [-0.2, 0) is 0 Å². The normalized spacial score (nSPS) is 11.8. The Bertz CT molecular complexity index is 3910. The first-order valence-electron chi connectivity index (χ1n) is 21.1. The molecule has 0 saturated carbocycles. The Hall–Kier alpha value is -8.19. The Labute approximate surface area is 365 Å². The van der Waals surface area contributed by atoms with Crippen molar-refractivity contribution < 1.29 is 4.42 Å². The van der Waals surface area contributed by atoms with Crippen LogP contribution in [0, 0.1) is 0 Å². The fourth-order valence-electron chi connectivity index (χ4n) is 9.36. The van der Waals surface area contributed by atoms with E-state index >= 15 is 0 Å². The van der Waals surface area contributed by atoms with E-state index in [2.05, 4.69) is 180 Å². The second-order valence-corrected chi connectivity index (χ2v) is 17.0. The van der Waals surface area contributed by atoms with Gasteiger partial charge < -0.3 is 8.98 Å². The molecule has 0 aliphatic rings. The minimum atomic E-state index is 0.594. The van der Waals surface area contributed by atoms with E-state index in [9.17, 15) is 0 Å². The highest BCUT2D eigenvalue weighted by Crippen LogP contribution is 2.42. The summed E-state index contributed by atoms with van der Waals surface area (Å²) in [4.78, 5) is 15.5. The zero-order valence-corrected chi connectivity index (χ0v) is 34.6. The van der Waals surface area contributed by atoms with E-state index in [0.29, 0.717) is 17.5 Å². The summed E-state index contributed by atoms with van der Waals surface area (Å²) >= 11 is 1.80. The number of hydrogen-bond donors (Lipinski definition) is 0. The first-order valence-corrected chi connectivity index (χ1v) is 21.9. The van der Waals surface area contributed by atoms with E-state index in [-0.39, 0.29) is 0 Å². The molecule has 5 nitrogen and oxygen atoms in total. The Morgan fingerprint density at radius 1 is 0.349 bits per heavy atom. The average molecular weight is 823 g/mol. The molecule has 13 rings (SSSR count). The fourth-order valence-corrected chi connectivity index (χ4v) is 10.5. The van der Waals surface area contributed by atoms with Crippen LogP contribution in [-0.4, -0.2) is 19.5 Å². The van der Waals surface area contributed by atoms with Gasteiger partial charge in [0.1, 0.15) is 11.2 Å². The lowest BCUT2D eigenvalue weighted by molar-refractivity contribution is 0.668. The van der Waals surface area contributed by atoms with Crippen molar-refractivity contribution in [1.29, 1.82) is 0 Å². The summed E-state index contributed by atoms with van der Waals surface area (Å²) in [6.07, 6.45) is 0. The molecule has 0 saturated heterocycles. The highest BCUT2D eigenvalue weighted by molar-refractivity contribution is 7.25. The van der Waals surface area contributed by atoms with Gasteiger partial charge in [-0.2, -0.15) is 0 Å². The topological polar surface area (TPSA) is 56.7 Å². The van der Waals surface area contributed by atoms with Crippen molar-refractivity contribution in [3.63, 3.8) is 0 Å². The molecule has 0 unspecified atom stereocenters. The van der Waals surface area contributed by atoms with Crippen molar-refractivity contribution in [2.75, 3.05) is 0 Å². The zero-order valence-electron chi connectivity index (χ0n) is 33.7. The maximum absolute atomic E-state index is 6.73. The first-order chi connectivity index (χ1) is 31.2. The molecule has 0 amide bonds. The van der Waals surface area contributed by atoms with Crippen LogP contribution in [0.3, 0.4) is 0 Å². The summed E-state index contributed by atoms with van der Waals surface area (Å²) in [5, 5.41) is 6.89. The van der Waals surface area contributed by atoms with Crippen molar-refractivity contribution in [3.05, 3.63) is 206 Å². The standard InChI is InChI=1S/C57H34N4OS/c1-4-14-35(15-5-1)38-26-29-42-43-30-27-39(33-52(43)63-51(42)32-38)56-58-55(37-18-8-3-9-19-37)59-57(60-56)46-22-13-25-49-54(46)45-31-28-40(34-50(45)62-49)61-47-23-11-10-20-44(47)53-41(21-12-24-48(53)61)36-16-6-2-7-17-36/h1-34H. The highest BCUT2D eigenvalue weighted by atomic mass is 32.1. The van der Waals surface area contributed by atoms with Crippen molar-refractivity contribution in [3.8, 4) is 62.1 Å². The van der Waals surface area contributed by atoms with Crippen LogP contribution in [0.15, 0.2) is 211 Å². The summed E-state index contributed by atoms with van der Waals surface area (Å²) < 4.78 is 11.5. The largest absolute Gasteiger partial charge is 0.456 e. The molecule has 9 aromatic carbocycles. The number of furan rings is 1. The molecule has 0 atom stereocenters. The lowest BCUT2D eigenvalue weighted by Gasteiger charge is -2.10. The molecule has 4 aromatic heterocycles. The van der Waals surface area contributed by atoms with Gasteiger partial charge in [-0.3, -0.25) is 0 Å². The maximum Gasteiger partial charge on any atom is 0.164 e. The Morgan fingerprint density at radius 3 is 1.71 bits per heavy atom. The molecule has 0 bridgehead atoms. The van der Waals surface area contributed by atoms with Crippen LogP contribution < -0.4 is 0 Å². The number of nitrogens with zero attached hydrogens (tertiary/aromatic N) is 4. The average Bonchev–Trinajstić information content (AvgIpc) is 4.03. The summed E-state index contributed by atoms with van der Waals surface area (Å²) in [5.41, 5.74) is 12.5. The molecule has 13 aromatic rings. The second-order valence-electron chi connectivity index (χ2n) is 15.9. The molecular formula is C57H34N4OS. The third kappa shape index (κ3) is 5.80. The Balaban J connectivity index is 0.959. The third-order valence-corrected chi connectivity index (χ3v) is 13.4. The van der Waals surface area contributed by atoms with Gasteiger partial charge in [-0.05, 0) is 64.7 Å². The van der Waals surface area contributed by atoms with Gasteiger partial charge >= 0.3 is 0 Å². The van der Waals surface area contributed by atoms with Crippen LogP contribution in [0.4, 0.5) is 0 Å². The van der Waals surface area contributed by atoms with Crippen LogP contribution >= 0.6 is 11.3 Å². The molecule has 0 aliphatic carbocycles. The highest BCUT2D eigenvalue weighted by Gasteiger charge is 2.21. The van der Waals surface area contributed by atoms with Gasteiger partial charge in [-0.1, -0.05) is 158 Å². The zero-order chi connectivity index (χ0) is 41.4. The predicted octanol–water partition coefficient (Wildman–Crippen LogP) is 15.6. The van der Waals surface area contributed by atoms with Crippen LogP contribution in [0.2, 0.25) is 0 Å². The van der Waals surface area contributed by atoms with Gasteiger partial charge in [-0.25, -0.2) is 15.0 Å². The second kappa shape index (κ2) is 14.2. The molecule has 4 heterocycles. The Morgan fingerprint density at radius 2 is 0.937 bits per heavy atom. The first kappa shape index (κ1) is 35.6. The van der Waals surface area contributed by atoms with Gasteiger partial charge in [0.2, 0.25) is 0 Å². The number of para-hydroxylation sites is 1. The van der Waals surface area contributed by atoms with E-state index in [0.717, 1.165) is 55.3 Å². The molecule has 294 valence electrons. The smallest absolute Gasteiger partial charge is 0.164 e. The molecule has 63 heavy (non-hydrogen) atoms. The van der Waals surface area contributed by atoms with Crippen molar-refractivity contribution in [2.24, 2.45) is 0 Å². The van der Waals surface area contributed by atoms with Crippen molar-refractivity contribution >= 4 is 75.3 Å². The molecule has 0 aliphatic heterocycles.